The van der Waals surface area contributed by atoms with Crippen LogP contribution in [0.5, 0.6) is 0 Å². The quantitative estimate of drug-likeness (QED) is 0.0781. The Hall–Kier alpha value is -2.57. The molecular weight excluding hydrogens is 552 g/mol. The van der Waals surface area contributed by atoms with E-state index < -0.39 is 24.1 Å². The van der Waals surface area contributed by atoms with Crippen molar-refractivity contribution in [3.05, 3.63) is 0 Å². The third kappa shape index (κ3) is 12.9. The van der Waals surface area contributed by atoms with E-state index in [1.807, 2.05) is 0 Å². The van der Waals surface area contributed by atoms with Gasteiger partial charge in [-0.2, -0.15) is 5.06 Å². The summed E-state index contributed by atoms with van der Waals surface area (Å²) in [6.07, 6.45) is 0.212. The maximum absolute atomic E-state index is 11.6. The number of hydrogen-bond acceptors (Lipinski definition) is 14. The molecule has 0 saturated carbocycles. The van der Waals surface area contributed by atoms with Crippen LogP contribution in [-0.4, -0.2) is 131 Å². The van der Waals surface area contributed by atoms with Crippen LogP contribution in [0.1, 0.15) is 38.5 Å². The van der Waals surface area contributed by atoms with Crippen molar-refractivity contribution in [3.8, 4) is 0 Å². The molecule has 0 bridgehead atoms. The summed E-state index contributed by atoms with van der Waals surface area (Å²) in [4.78, 5) is 67.3. The van der Waals surface area contributed by atoms with Crippen LogP contribution in [0.25, 0.3) is 0 Å². The molecule has 2 atom stereocenters. The Morgan fingerprint density at radius 3 is 1.44 bits per heavy atom. The molecular formula is C25H38N2O14. The fraction of sp³-hybridized carbons (Fsp3) is 0.800. The molecule has 0 radical (unpaired) electrons. The summed E-state index contributed by atoms with van der Waals surface area (Å²) in [5.41, 5.74) is 0. The summed E-state index contributed by atoms with van der Waals surface area (Å²) >= 11 is 0. The zero-order chi connectivity index (χ0) is 29.3. The fourth-order valence-corrected chi connectivity index (χ4v) is 3.56. The van der Waals surface area contributed by atoms with Crippen LogP contribution in [-0.2, 0) is 66.8 Å². The Morgan fingerprint density at radius 2 is 0.976 bits per heavy atom. The van der Waals surface area contributed by atoms with Crippen molar-refractivity contribution >= 4 is 29.6 Å². The van der Waals surface area contributed by atoms with Crippen molar-refractivity contribution in [2.45, 2.75) is 50.9 Å². The van der Waals surface area contributed by atoms with E-state index in [2.05, 4.69) is 0 Å². The van der Waals surface area contributed by atoms with Gasteiger partial charge in [-0.25, -0.2) is 9.63 Å². The predicted molar refractivity (Wildman–Crippen MR) is 132 cm³/mol. The summed E-state index contributed by atoms with van der Waals surface area (Å²) in [5.74, 6) is -2.41. The molecule has 41 heavy (non-hydrogen) atoms. The first kappa shape index (κ1) is 32.9. The van der Waals surface area contributed by atoms with Gasteiger partial charge in [0.25, 0.3) is 23.6 Å². The number of nitrogens with zero attached hydrogens (tertiary/aromatic N) is 2. The lowest BCUT2D eigenvalue weighted by Gasteiger charge is -2.12. The van der Waals surface area contributed by atoms with Gasteiger partial charge in [0.05, 0.1) is 79.1 Å². The SMILES string of the molecule is O=C(CCOCCOCCOCCOCCOCCOCCC1OC1ON1C(=O)CCC1=O)ON1C(=O)CCC1=O. The molecule has 0 N–H and O–H groups in total. The largest absolute Gasteiger partial charge is 0.379 e. The van der Waals surface area contributed by atoms with E-state index in [4.69, 9.17) is 42.8 Å². The minimum absolute atomic E-state index is 0.0540. The molecule has 3 heterocycles. The molecule has 3 saturated heterocycles. The normalized spacial score (nSPS) is 20.5. The lowest BCUT2D eigenvalue weighted by molar-refractivity contribution is -0.201. The highest BCUT2D eigenvalue weighted by Gasteiger charge is 2.45. The fourth-order valence-electron chi connectivity index (χ4n) is 3.56. The van der Waals surface area contributed by atoms with Crippen molar-refractivity contribution in [1.29, 1.82) is 0 Å². The van der Waals surface area contributed by atoms with Crippen molar-refractivity contribution in [2.75, 3.05) is 79.3 Å². The van der Waals surface area contributed by atoms with Gasteiger partial charge in [-0.1, -0.05) is 0 Å². The number of carbonyl (C=O) groups excluding carboxylic acids is 5. The van der Waals surface area contributed by atoms with E-state index in [0.29, 0.717) is 77.6 Å². The van der Waals surface area contributed by atoms with Gasteiger partial charge in [0.15, 0.2) is 0 Å². The molecule has 0 aromatic heterocycles. The number of hydrogen-bond donors (Lipinski definition) is 0. The Balaban J connectivity index is 0.968. The Morgan fingerprint density at radius 1 is 0.585 bits per heavy atom. The Kier molecular flexibility index (Phi) is 15.1. The molecule has 0 spiro atoms. The van der Waals surface area contributed by atoms with Crippen LogP contribution >= 0.6 is 0 Å². The predicted octanol–water partition coefficient (Wildman–Crippen LogP) is -0.721. The van der Waals surface area contributed by atoms with Gasteiger partial charge < -0.3 is 38.0 Å². The molecule has 0 aromatic carbocycles. The average Bonchev–Trinajstić information content (AvgIpc) is 3.53. The second kappa shape index (κ2) is 18.8. The van der Waals surface area contributed by atoms with Gasteiger partial charge in [0.1, 0.15) is 6.10 Å². The topological polar surface area (TPSA) is 178 Å². The third-order valence-electron chi connectivity index (χ3n) is 5.81. The van der Waals surface area contributed by atoms with Crippen LogP contribution in [0, 0.1) is 0 Å². The molecule has 3 rings (SSSR count). The molecule has 3 aliphatic rings. The Bertz CT molecular complexity index is 839. The van der Waals surface area contributed by atoms with E-state index in [1.165, 1.54) is 0 Å². The molecule has 4 amide bonds. The first-order valence-electron chi connectivity index (χ1n) is 13.7. The lowest BCUT2D eigenvalue weighted by Crippen LogP contribution is -2.32. The summed E-state index contributed by atoms with van der Waals surface area (Å²) in [5, 5.41) is 1.31. The monoisotopic (exact) mass is 590 g/mol. The van der Waals surface area contributed by atoms with Crippen LogP contribution < -0.4 is 0 Å². The van der Waals surface area contributed by atoms with Crippen LogP contribution in [0.15, 0.2) is 0 Å². The zero-order valence-corrected chi connectivity index (χ0v) is 23.0. The van der Waals surface area contributed by atoms with E-state index >= 15 is 0 Å². The smallest absolute Gasteiger partial charge is 0.335 e. The van der Waals surface area contributed by atoms with Gasteiger partial charge in [-0.3, -0.25) is 19.2 Å². The number of epoxide rings is 1. The molecule has 232 valence electrons. The molecule has 0 aliphatic carbocycles. The average molecular weight is 591 g/mol. The second-order valence-electron chi connectivity index (χ2n) is 8.99. The highest BCUT2D eigenvalue weighted by molar-refractivity contribution is 6.01. The zero-order valence-electron chi connectivity index (χ0n) is 23.0. The molecule has 3 fully saturated rings. The maximum Gasteiger partial charge on any atom is 0.335 e. The molecule has 16 nitrogen and oxygen atoms in total. The molecule has 16 heteroatoms. The number of hydroxylamine groups is 4. The number of ether oxygens (including phenoxy) is 7. The van der Waals surface area contributed by atoms with Gasteiger partial charge in [-0.15, -0.1) is 5.06 Å². The minimum Gasteiger partial charge on any atom is -0.379 e. The highest BCUT2D eigenvalue weighted by atomic mass is 16.9. The van der Waals surface area contributed by atoms with Gasteiger partial charge in [0.2, 0.25) is 6.29 Å². The Labute approximate surface area is 237 Å². The second-order valence-corrected chi connectivity index (χ2v) is 8.99. The number of rotatable bonds is 24. The van der Waals surface area contributed by atoms with Crippen molar-refractivity contribution < 1.29 is 66.8 Å². The van der Waals surface area contributed by atoms with E-state index in [0.717, 1.165) is 5.06 Å². The van der Waals surface area contributed by atoms with Crippen molar-refractivity contribution in [3.63, 3.8) is 0 Å². The van der Waals surface area contributed by atoms with E-state index in [1.54, 1.807) is 0 Å². The lowest BCUT2D eigenvalue weighted by atomic mass is 10.3. The first-order chi connectivity index (χ1) is 20.0. The van der Waals surface area contributed by atoms with Gasteiger partial charge in [-0.05, 0) is 0 Å². The standard InChI is InChI=1S/C25H38N2O14/c28-20-1-2-21(29)26(20)40-24(32)6-8-34-10-12-36-14-16-38-18-17-37-15-13-35-11-9-33-7-5-19-25(39-19)41-27-22(30)3-4-23(27)31/h19,25H,1-18H2. The van der Waals surface area contributed by atoms with E-state index in [9.17, 15) is 24.0 Å². The molecule has 0 aromatic rings. The summed E-state index contributed by atoms with van der Waals surface area (Å²) in [6, 6.07) is 0. The molecule has 3 aliphatic heterocycles. The maximum atomic E-state index is 11.6. The first-order valence-corrected chi connectivity index (χ1v) is 13.7. The number of amides is 4. The molecule has 2 unspecified atom stereocenters. The van der Waals surface area contributed by atoms with Gasteiger partial charge in [0, 0.05) is 38.7 Å². The van der Waals surface area contributed by atoms with Crippen LogP contribution in [0.4, 0.5) is 0 Å². The minimum atomic E-state index is -0.707. The van der Waals surface area contributed by atoms with Gasteiger partial charge >= 0.3 is 5.97 Å². The van der Waals surface area contributed by atoms with Crippen LogP contribution in [0.2, 0.25) is 0 Å². The summed E-state index contributed by atoms with van der Waals surface area (Å²) < 4.78 is 37.6. The van der Waals surface area contributed by atoms with Crippen molar-refractivity contribution in [2.24, 2.45) is 0 Å². The van der Waals surface area contributed by atoms with Crippen LogP contribution in [0.3, 0.4) is 0 Å². The summed E-state index contributed by atoms with van der Waals surface area (Å²) in [7, 11) is 0. The summed E-state index contributed by atoms with van der Waals surface area (Å²) in [6.45, 7) is 4.46. The number of imide groups is 2. The van der Waals surface area contributed by atoms with E-state index in [-0.39, 0.29) is 63.2 Å². The number of carbonyl (C=O) groups is 5. The third-order valence-corrected chi connectivity index (χ3v) is 5.81. The highest BCUT2D eigenvalue weighted by Crippen LogP contribution is 2.29. The van der Waals surface area contributed by atoms with Crippen molar-refractivity contribution in [1.82, 2.24) is 10.1 Å².